The first-order chi connectivity index (χ1) is 12.6. The molecule has 2 N–H and O–H groups in total. The van der Waals surface area contributed by atoms with Gasteiger partial charge < -0.3 is 10.2 Å². The van der Waals surface area contributed by atoms with Gasteiger partial charge in [0.05, 0.1) is 12.2 Å². The number of hydrogen-bond acceptors (Lipinski definition) is 3. The molecule has 0 spiro atoms. The van der Waals surface area contributed by atoms with E-state index >= 15 is 0 Å². The molecule has 0 aliphatic carbocycles. The zero-order valence-electron chi connectivity index (χ0n) is 14.6. The van der Waals surface area contributed by atoms with Crippen molar-refractivity contribution in [1.82, 2.24) is 20.4 Å². The molecule has 1 aliphatic rings. The molecule has 7 heteroatoms. The number of nitrogens with zero attached hydrogens (tertiary/aromatic N) is 2. The van der Waals surface area contributed by atoms with E-state index in [-0.39, 0.29) is 23.7 Å². The number of aromatic amines is 1. The Morgan fingerprint density at radius 3 is 2.81 bits per heavy atom. The van der Waals surface area contributed by atoms with Gasteiger partial charge in [0.25, 0.3) is 0 Å². The second-order valence-corrected chi connectivity index (χ2v) is 6.64. The Morgan fingerprint density at radius 2 is 2.08 bits per heavy atom. The number of H-pyrrole nitrogens is 1. The lowest BCUT2D eigenvalue weighted by molar-refractivity contribution is -0.127. The molecule has 1 fully saturated rings. The predicted octanol–water partition coefficient (Wildman–Crippen LogP) is 1.83. The van der Waals surface area contributed by atoms with Gasteiger partial charge in [-0.05, 0) is 42.5 Å². The fourth-order valence-electron chi connectivity index (χ4n) is 3.17. The first kappa shape index (κ1) is 18.1. The van der Waals surface area contributed by atoms with Gasteiger partial charge in [0, 0.05) is 32.1 Å². The van der Waals surface area contributed by atoms with Crippen molar-refractivity contribution in [2.75, 3.05) is 13.1 Å². The van der Waals surface area contributed by atoms with Crippen LogP contribution in [0.5, 0.6) is 0 Å². The average Bonchev–Trinajstić information content (AvgIpc) is 3.24. The Hall–Kier alpha value is -2.70. The highest BCUT2D eigenvalue weighted by molar-refractivity contribution is 5.82. The molecule has 1 aromatic heterocycles. The van der Waals surface area contributed by atoms with Crippen LogP contribution in [0.4, 0.5) is 4.39 Å². The summed E-state index contributed by atoms with van der Waals surface area (Å²) in [4.78, 5) is 25.9. The summed E-state index contributed by atoms with van der Waals surface area (Å²) in [7, 11) is 0. The molecule has 2 aromatic rings. The molecule has 0 radical (unpaired) electrons. The van der Waals surface area contributed by atoms with Crippen LogP contribution in [0.15, 0.2) is 36.7 Å². The third kappa shape index (κ3) is 5.15. The van der Waals surface area contributed by atoms with Gasteiger partial charge in [-0.1, -0.05) is 12.1 Å². The quantitative estimate of drug-likeness (QED) is 0.756. The molecular weight excluding hydrogens is 335 g/mol. The number of halogens is 1. The van der Waals surface area contributed by atoms with Gasteiger partial charge in [-0.25, -0.2) is 4.39 Å². The van der Waals surface area contributed by atoms with Crippen LogP contribution in [-0.2, 0) is 22.4 Å². The molecule has 0 saturated carbocycles. The van der Waals surface area contributed by atoms with Crippen molar-refractivity contribution in [2.24, 2.45) is 0 Å². The predicted molar refractivity (Wildman–Crippen MR) is 94.8 cm³/mol. The van der Waals surface area contributed by atoms with Gasteiger partial charge in [0.2, 0.25) is 11.8 Å². The number of aryl methyl sites for hydroxylation is 1. The molecule has 6 nitrogen and oxygen atoms in total. The maximum absolute atomic E-state index is 12.9. The van der Waals surface area contributed by atoms with E-state index < -0.39 is 0 Å². The van der Waals surface area contributed by atoms with E-state index in [9.17, 15) is 14.0 Å². The molecule has 0 unspecified atom stereocenters. The fourth-order valence-corrected chi connectivity index (χ4v) is 3.17. The number of aromatic nitrogens is 2. The van der Waals surface area contributed by atoms with E-state index in [0.29, 0.717) is 32.4 Å². The van der Waals surface area contributed by atoms with Crippen molar-refractivity contribution < 1.29 is 14.0 Å². The van der Waals surface area contributed by atoms with Gasteiger partial charge in [0.15, 0.2) is 0 Å². The van der Waals surface area contributed by atoms with E-state index in [4.69, 9.17) is 0 Å². The summed E-state index contributed by atoms with van der Waals surface area (Å²) in [6.07, 6.45) is 6.59. The zero-order valence-corrected chi connectivity index (χ0v) is 14.6. The number of amides is 2. The summed E-state index contributed by atoms with van der Waals surface area (Å²) < 4.78 is 12.9. The van der Waals surface area contributed by atoms with E-state index in [1.165, 1.54) is 12.1 Å². The van der Waals surface area contributed by atoms with E-state index in [1.807, 2.05) is 6.20 Å². The van der Waals surface area contributed by atoms with Gasteiger partial charge in [-0.15, -0.1) is 0 Å². The van der Waals surface area contributed by atoms with Gasteiger partial charge in [-0.3, -0.25) is 14.7 Å². The number of likely N-dealkylation sites (tertiary alicyclic amines) is 1. The van der Waals surface area contributed by atoms with Crippen molar-refractivity contribution in [3.05, 3.63) is 53.6 Å². The van der Waals surface area contributed by atoms with E-state index in [0.717, 1.165) is 24.0 Å². The number of carbonyl (C=O) groups excluding carboxylic acids is 2. The molecule has 138 valence electrons. The Labute approximate surface area is 151 Å². The summed E-state index contributed by atoms with van der Waals surface area (Å²) in [6.45, 7) is 1.12. The second kappa shape index (κ2) is 8.60. The highest BCUT2D eigenvalue weighted by Gasteiger charge is 2.30. The smallest absolute Gasteiger partial charge is 0.224 e. The van der Waals surface area contributed by atoms with Gasteiger partial charge >= 0.3 is 0 Å². The number of carbonyl (C=O) groups is 2. The van der Waals surface area contributed by atoms with Crippen LogP contribution in [0.2, 0.25) is 0 Å². The molecular formula is C19H23FN4O2. The number of benzene rings is 1. The maximum Gasteiger partial charge on any atom is 0.224 e. The van der Waals surface area contributed by atoms with Crippen molar-refractivity contribution in [3.8, 4) is 0 Å². The average molecular weight is 358 g/mol. The third-order valence-electron chi connectivity index (χ3n) is 4.59. The lowest BCUT2D eigenvalue weighted by atomic mass is 10.1. The molecule has 1 aliphatic heterocycles. The minimum atomic E-state index is -0.262. The van der Waals surface area contributed by atoms with Crippen LogP contribution >= 0.6 is 0 Å². The highest BCUT2D eigenvalue weighted by atomic mass is 19.1. The molecule has 0 bridgehead atoms. The van der Waals surface area contributed by atoms with E-state index in [2.05, 4.69) is 15.5 Å². The summed E-state index contributed by atoms with van der Waals surface area (Å²) in [5.41, 5.74) is 2.08. The lowest BCUT2D eigenvalue weighted by Gasteiger charge is -2.17. The standard InChI is InChI=1S/C19H23FN4O2/c20-16-6-4-14(5-7-16)8-9-24-13-17(10-19(24)26)23-18(25)3-1-2-15-11-21-22-12-15/h4-7,11-12,17H,1-3,8-10,13H2,(H,21,22)(H,23,25)/t17-/m0/s1. The Bertz CT molecular complexity index is 731. The van der Waals surface area contributed by atoms with Gasteiger partial charge in [0.1, 0.15) is 5.82 Å². The summed E-state index contributed by atoms with van der Waals surface area (Å²) in [5, 5.41) is 9.58. The fraction of sp³-hybridized carbons (Fsp3) is 0.421. The monoisotopic (exact) mass is 358 g/mol. The number of hydrogen-bond donors (Lipinski definition) is 2. The molecule has 3 rings (SSSR count). The third-order valence-corrected chi connectivity index (χ3v) is 4.59. The molecule has 2 amide bonds. The highest BCUT2D eigenvalue weighted by Crippen LogP contribution is 2.13. The largest absolute Gasteiger partial charge is 0.351 e. The molecule has 1 aromatic carbocycles. The summed E-state index contributed by atoms with van der Waals surface area (Å²) in [6, 6.07) is 6.18. The van der Waals surface area contributed by atoms with Crippen molar-refractivity contribution in [1.29, 1.82) is 0 Å². The zero-order chi connectivity index (χ0) is 18.4. The van der Waals surface area contributed by atoms with Crippen LogP contribution < -0.4 is 5.32 Å². The number of nitrogens with one attached hydrogen (secondary N) is 2. The van der Waals surface area contributed by atoms with Crippen LogP contribution in [0, 0.1) is 5.82 Å². The van der Waals surface area contributed by atoms with E-state index in [1.54, 1.807) is 23.2 Å². The molecule has 2 heterocycles. The molecule has 1 saturated heterocycles. The number of rotatable bonds is 8. The van der Waals surface area contributed by atoms with Crippen LogP contribution in [-0.4, -0.2) is 46.0 Å². The maximum atomic E-state index is 12.9. The Kier molecular flexibility index (Phi) is 5.99. The first-order valence-corrected chi connectivity index (χ1v) is 8.89. The Balaban J connectivity index is 1.38. The van der Waals surface area contributed by atoms with Gasteiger partial charge in [-0.2, -0.15) is 5.10 Å². The van der Waals surface area contributed by atoms with Crippen molar-refractivity contribution >= 4 is 11.8 Å². The minimum Gasteiger partial charge on any atom is -0.351 e. The minimum absolute atomic E-state index is 0.0216. The topological polar surface area (TPSA) is 78.1 Å². The molecule has 1 atom stereocenters. The first-order valence-electron chi connectivity index (χ1n) is 8.89. The van der Waals surface area contributed by atoms with Crippen LogP contribution in [0.3, 0.4) is 0 Å². The summed E-state index contributed by atoms with van der Waals surface area (Å²) >= 11 is 0. The van der Waals surface area contributed by atoms with Crippen LogP contribution in [0.25, 0.3) is 0 Å². The van der Waals surface area contributed by atoms with Crippen molar-refractivity contribution in [3.63, 3.8) is 0 Å². The molecule has 26 heavy (non-hydrogen) atoms. The summed E-state index contributed by atoms with van der Waals surface area (Å²) in [5.74, 6) is -0.232. The normalized spacial score (nSPS) is 16.9. The van der Waals surface area contributed by atoms with Crippen molar-refractivity contribution in [2.45, 2.75) is 38.1 Å². The van der Waals surface area contributed by atoms with Crippen LogP contribution in [0.1, 0.15) is 30.4 Å². The second-order valence-electron chi connectivity index (χ2n) is 6.64. The lowest BCUT2D eigenvalue weighted by Crippen LogP contribution is -2.37. The Morgan fingerprint density at radius 1 is 1.27 bits per heavy atom. The SMILES string of the molecule is O=C(CCCc1cn[nH]c1)N[C@H]1CC(=O)N(CCc2ccc(F)cc2)C1.